The molecule has 1 aliphatic heterocycles. The highest BCUT2D eigenvalue weighted by Gasteiger charge is 2.28. The maximum absolute atomic E-state index is 12.6. The van der Waals surface area contributed by atoms with Crippen molar-refractivity contribution in [3.63, 3.8) is 0 Å². The SMILES string of the molecule is CCNC(=O)N1CCN(C(=O)[C@@H](C)n2nc(C)cc2C)CC1. The van der Waals surface area contributed by atoms with E-state index >= 15 is 0 Å². The van der Waals surface area contributed by atoms with E-state index in [2.05, 4.69) is 10.4 Å². The van der Waals surface area contributed by atoms with Gasteiger partial charge in [-0.05, 0) is 33.8 Å². The summed E-state index contributed by atoms with van der Waals surface area (Å²) in [5.41, 5.74) is 1.90. The minimum atomic E-state index is -0.315. The highest BCUT2D eigenvalue weighted by atomic mass is 16.2. The van der Waals surface area contributed by atoms with Gasteiger partial charge in [-0.15, -0.1) is 0 Å². The molecule has 0 aliphatic carbocycles. The highest BCUT2D eigenvalue weighted by molar-refractivity contribution is 5.80. The highest BCUT2D eigenvalue weighted by Crippen LogP contribution is 2.15. The average molecular weight is 307 g/mol. The molecule has 0 unspecified atom stereocenters. The molecule has 0 aromatic carbocycles. The molecule has 122 valence electrons. The van der Waals surface area contributed by atoms with Crippen LogP contribution in [0.5, 0.6) is 0 Å². The van der Waals surface area contributed by atoms with Gasteiger partial charge in [0.2, 0.25) is 5.91 Å². The zero-order valence-corrected chi connectivity index (χ0v) is 13.8. The Labute approximate surface area is 131 Å². The third-order valence-electron chi connectivity index (χ3n) is 3.98. The first-order chi connectivity index (χ1) is 10.4. The third-order valence-corrected chi connectivity index (χ3v) is 3.98. The molecular formula is C15H25N5O2. The lowest BCUT2D eigenvalue weighted by molar-refractivity contribution is -0.136. The smallest absolute Gasteiger partial charge is 0.317 e. The minimum Gasteiger partial charge on any atom is -0.338 e. The van der Waals surface area contributed by atoms with Crippen LogP contribution in [0.4, 0.5) is 4.79 Å². The summed E-state index contributed by atoms with van der Waals surface area (Å²) in [7, 11) is 0. The van der Waals surface area contributed by atoms with E-state index < -0.39 is 0 Å². The van der Waals surface area contributed by atoms with E-state index in [1.807, 2.05) is 38.7 Å². The lowest BCUT2D eigenvalue weighted by Gasteiger charge is -2.36. The van der Waals surface area contributed by atoms with Gasteiger partial charge in [-0.3, -0.25) is 9.48 Å². The largest absolute Gasteiger partial charge is 0.338 e. The van der Waals surface area contributed by atoms with Crippen molar-refractivity contribution in [2.45, 2.75) is 33.7 Å². The molecule has 22 heavy (non-hydrogen) atoms. The fourth-order valence-corrected chi connectivity index (χ4v) is 2.80. The molecule has 0 bridgehead atoms. The van der Waals surface area contributed by atoms with Gasteiger partial charge >= 0.3 is 6.03 Å². The van der Waals surface area contributed by atoms with Crippen LogP contribution in [0.15, 0.2) is 6.07 Å². The predicted molar refractivity (Wildman–Crippen MR) is 83.6 cm³/mol. The third kappa shape index (κ3) is 3.40. The number of aromatic nitrogens is 2. The van der Waals surface area contributed by atoms with Gasteiger partial charge in [-0.25, -0.2) is 4.79 Å². The summed E-state index contributed by atoms with van der Waals surface area (Å²) in [5, 5.41) is 7.18. The number of aryl methyl sites for hydroxylation is 2. The van der Waals surface area contributed by atoms with E-state index in [1.54, 1.807) is 9.58 Å². The zero-order valence-electron chi connectivity index (χ0n) is 13.8. The fraction of sp³-hybridized carbons (Fsp3) is 0.667. The van der Waals surface area contributed by atoms with Crippen LogP contribution in [0.2, 0.25) is 0 Å². The number of nitrogens with zero attached hydrogens (tertiary/aromatic N) is 4. The van der Waals surface area contributed by atoms with Crippen LogP contribution < -0.4 is 5.32 Å². The maximum atomic E-state index is 12.6. The van der Waals surface area contributed by atoms with E-state index in [1.165, 1.54) is 0 Å². The van der Waals surface area contributed by atoms with Crippen LogP contribution in [0.25, 0.3) is 0 Å². The molecule has 1 aromatic heterocycles. The van der Waals surface area contributed by atoms with Gasteiger partial charge in [-0.1, -0.05) is 0 Å². The summed E-state index contributed by atoms with van der Waals surface area (Å²) < 4.78 is 1.77. The molecular weight excluding hydrogens is 282 g/mol. The first-order valence-electron chi connectivity index (χ1n) is 7.78. The Morgan fingerprint density at radius 2 is 1.82 bits per heavy atom. The van der Waals surface area contributed by atoms with Crippen molar-refractivity contribution in [1.29, 1.82) is 0 Å². The molecule has 0 saturated carbocycles. The van der Waals surface area contributed by atoms with E-state index in [-0.39, 0.29) is 18.0 Å². The van der Waals surface area contributed by atoms with Crippen molar-refractivity contribution in [1.82, 2.24) is 24.9 Å². The number of amides is 3. The number of urea groups is 1. The number of hydrogen-bond donors (Lipinski definition) is 1. The van der Waals surface area contributed by atoms with Crippen LogP contribution in [-0.2, 0) is 4.79 Å². The first kappa shape index (κ1) is 16.3. The number of hydrogen-bond acceptors (Lipinski definition) is 3. The summed E-state index contributed by atoms with van der Waals surface area (Å²) in [6.45, 7) is 10.5. The Bertz CT molecular complexity index is 546. The second-order valence-electron chi connectivity index (χ2n) is 5.70. The molecule has 1 saturated heterocycles. The normalized spacial score (nSPS) is 16.5. The van der Waals surface area contributed by atoms with Crippen LogP contribution in [0.3, 0.4) is 0 Å². The summed E-state index contributed by atoms with van der Waals surface area (Å²) in [5.74, 6) is 0.0572. The quantitative estimate of drug-likeness (QED) is 0.903. The Morgan fingerprint density at radius 1 is 1.23 bits per heavy atom. The topological polar surface area (TPSA) is 70.5 Å². The second kappa shape index (κ2) is 6.81. The van der Waals surface area contributed by atoms with Gasteiger partial charge in [0.05, 0.1) is 5.69 Å². The molecule has 2 heterocycles. The first-order valence-corrected chi connectivity index (χ1v) is 7.78. The molecule has 1 atom stereocenters. The standard InChI is InChI=1S/C15H25N5O2/c1-5-16-15(22)19-8-6-18(7-9-19)14(21)13(4)20-12(3)10-11(2)17-20/h10,13H,5-9H2,1-4H3,(H,16,22)/t13-/m1/s1. The summed E-state index contributed by atoms with van der Waals surface area (Å²) in [6.07, 6.45) is 0. The number of carbonyl (C=O) groups excluding carboxylic acids is 2. The Balaban J connectivity index is 1.95. The van der Waals surface area contributed by atoms with Crippen molar-refractivity contribution in [3.05, 3.63) is 17.5 Å². The fourth-order valence-electron chi connectivity index (χ4n) is 2.80. The summed E-state index contributed by atoms with van der Waals surface area (Å²) in [4.78, 5) is 28.0. The van der Waals surface area contributed by atoms with Crippen molar-refractivity contribution in [2.24, 2.45) is 0 Å². The molecule has 0 radical (unpaired) electrons. The lowest BCUT2D eigenvalue weighted by Crippen LogP contribution is -2.54. The molecule has 1 aromatic rings. The Kier molecular flexibility index (Phi) is 5.05. The van der Waals surface area contributed by atoms with Crippen molar-refractivity contribution in [2.75, 3.05) is 32.7 Å². The molecule has 2 rings (SSSR count). The molecule has 7 heteroatoms. The van der Waals surface area contributed by atoms with Gasteiger partial charge in [-0.2, -0.15) is 5.10 Å². The Morgan fingerprint density at radius 3 is 2.32 bits per heavy atom. The van der Waals surface area contributed by atoms with Crippen LogP contribution in [0.1, 0.15) is 31.3 Å². The lowest BCUT2D eigenvalue weighted by atomic mass is 10.2. The molecule has 1 N–H and O–H groups in total. The van der Waals surface area contributed by atoms with Crippen molar-refractivity contribution in [3.8, 4) is 0 Å². The number of rotatable bonds is 3. The van der Waals surface area contributed by atoms with Crippen LogP contribution >= 0.6 is 0 Å². The van der Waals surface area contributed by atoms with E-state index in [9.17, 15) is 9.59 Å². The molecule has 7 nitrogen and oxygen atoms in total. The van der Waals surface area contributed by atoms with E-state index in [4.69, 9.17) is 0 Å². The monoisotopic (exact) mass is 307 g/mol. The van der Waals surface area contributed by atoms with Gasteiger partial charge in [0.15, 0.2) is 0 Å². The molecule has 1 aliphatic rings. The van der Waals surface area contributed by atoms with Crippen LogP contribution in [-0.4, -0.2) is 64.2 Å². The molecule has 1 fully saturated rings. The average Bonchev–Trinajstić information content (AvgIpc) is 2.85. The second-order valence-corrected chi connectivity index (χ2v) is 5.70. The summed E-state index contributed by atoms with van der Waals surface area (Å²) >= 11 is 0. The molecule has 0 spiro atoms. The van der Waals surface area contributed by atoms with Crippen molar-refractivity contribution < 1.29 is 9.59 Å². The van der Waals surface area contributed by atoms with Gasteiger partial charge in [0.25, 0.3) is 0 Å². The van der Waals surface area contributed by atoms with Crippen molar-refractivity contribution >= 4 is 11.9 Å². The minimum absolute atomic E-state index is 0.0545. The Hall–Kier alpha value is -2.05. The van der Waals surface area contributed by atoms with Gasteiger partial charge in [0.1, 0.15) is 6.04 Å². The number of carbonyl (C=O) groups is 2. The maximum Gasteiger partial charge on any atom is 0.317 e. The van der Waals surface area contributed by atoms with Gasteiger partial charge in [0, 0.05) is 38.4 Å². The molecule has 3 amide bonds. The van der Waals surface area contributed by atoms with Gasteiger partial charge < -0.3 is 15.1 Å². The zero-order chi connectivity index (χ0) is 16.3. The van der Waals surface area contributed by atoms with Crippen LogP contribution in [0, 0.1) is 13.8 Å². The number of nitrogens with one attached hydrogen (secondary N) is 1. The summed E-state index contributed by atoms with van der Waals surface area (Å²) in [6, 6.07) is 1.60. The van der Waals surface area contributed by atoms with E-state index in [0.717, 1.165) is 11.4 Å². The predicted octanol–water partition coefficient (Wildman–Crippen LogP) is 0.935. The van der Waals surface area contributed by atoms with E-state index in [0.29, 0.717) is 32.7 Å². The number of piperazine rings is 1.